The van der Waals surface area contributed by atoms with E-state index in [0.717, 1.165) is 55.5 Å². The minimum Gasteiger partial charge on any atom is -0.488 e. The molecule has 182 valence electrons. The van der Waals surface area contributed by atoms with E-state index in [9.17, 15) is 8.42 Å². The van der Waals surface area contributed by atoms with Crippen LogP contribution in [0.25, 0.3) is 10.9 Å². The van der Waals surface area contributed by atoms with Crippen molar-refractivity contribution in [1.29, 1.82) is 0 Å². The van der Waals surface area contributed by atoms with Crippen LogP contribution in [-0.4, -0.2) is 55.0 Å². The molecule has 0 unspecified atom stereocenters. The van der Waals surface area contributed by atoms with Crippen molar-refractivity contribution in [3.63, 3.8) is 0 Å². The Hall–Kier alpha value is -1.08. The number of rotatable bonds is 10. The van der Waals surface area contributed by atoms with E-state index in [1.54, 1.807) is 13.8 Å². The van der Waals surface area contributed by atoms with Gasteiger partial charge in [0.1, 0.15) is 17.4 Å². The molecule has 0 atom stereocenters. The van der Waals surface area contributed by atoms with Crippen LogP contribution in [0.1, 0.15) is 58.4 Å². The van der Waals surface area contributed by atoms with Crippen molar-refractivity contribution in [1.82, 2.24) is 9.88 Å². The topological polar surface area (TPSA) is 59.5 Å². The van der Waals surface area contributed by atoms with Gasteiger partial charge in [0.05, 0.1) is 11.0 Å². The molecule has 3 rings (SSSR count). The molecule has 1 aliphatic rings. The number of hydrogen-bond donors (Lipinski definition) is 0. The molecule has 8 heteroatoms. The number of pyridine rings is 1. The van der Waals surface area contributed by atoms with Gasteiger partial charge in [0.2, 0.25) is 0 Å². The van der Waals surface area contributed by atoms with Crippen LogP contribution in [-0.2, 0) is 16.3 Å². The van der Waals surface area contributed by atoms with Gasteiger partial charge in [-0.3, -0.25) is 4.98 Å². The molecule has 0 spiro atoms. The Morgan fingerprint density at radius 3 is 2.53 bits per heavy atom. The molecule has 1 aromatic heterocycles. The summed E-state index contributed by atoms with van der Waals surface area (Å²) >= 11 is 0. The molecule has 5 nitrogen and oxygen atoms in total. The summed E-state index contributed by atoms with van der Waals surface area (Å²) in [6.45, 7) is 8.48. The molecule has 2 heterocycles. The van der Waals surface area contributed by atoms with E-state index in [4.69, 9.17) is 4.74 Å². The van der Waals surface area contributed by atoms with Crippen LogP contribution in [0.4, 0.5) is 0 Å². The third-order valence-electron chi connectivity index (χ3n) is 6.00. The molecule has 0 saturated carbocycles. The lowest BCUT2D eigenvalue weighted by atomic mass is 10.0. The van der Waals surface area contributed by atoms with Gasteiger partial charge in [-0.1, -0.05) is 19.4 Å². The van der Waals surface area contributed by atoms with E-state index < -0.39 is 9.84 Å². The highest BCUT2D eigenvalue weighted by molar-refractivity contribution is 7.91. The van der Waals surface area contributed by atoms with Gasteiger partial charge in [-0.05, 0) is 76.3 Å². The summed E-state index contributed by atoms with van der Waals surface area (Å²) in [5.41, 5.74) is 2.26. The highest BCUT2D eigenvalue weighted by Gasteiger charge is 2.22. The minimum absolute atomic E-state index is 0. The second-order valence-corrected chi connectivity index (χ2v) is 11.4. The average Bonchev–Trinajstić information content (AvgIpc) is 2.73. The predicted molar refractivity (Wildman–Crippen MR) is 138 cm³/mol. The van der Waals surface area contributed by atoms with E-state index >= 15 is 0 Å². The number of aryl methyl sites for hydroxylation is 1. The Bertz CT molecular complexity index is 930. The van der Waals surface area contributed by atoms with Crippen LogP contribution in [0.5, 0.6) is 5.75 Å². The highest BCUT2D eigenvalue weighted by atomic mass is 35.5. The highest BCUT2D eigenvalue weighted by Crippen LogP contribution is 2.29. The van der Waals surface area contributed by atoms with Gasteiger partial charge in [-0.2, -0.15) is 0 Å². The zero-order valence-electron chi connectivity index (χ0n) is 19.5. The minimum atomic E-state index is -2.94. The first kappa shape index (κ1) is 29.0. The third kappa shape index (κ3) is 8.05. The lowest BCUT2D eigenvalue weighted by molar-refractivity contribution is 0.102. The number of likely N-dealkylation sites (tertiary alicyclic amines) is 1. The van der Waals surface area contributed by atoms with Crippen LogP contribution < -0.4 is 4.74 Å². The molecular formula is C24H38Cl2N2O3S. The molecule has 1 aliphatic heterocycles. The van der Waals surface area contributed by atoms with Crippen LogP contribution in [0.3, 0.4) is 0 Å². The van der Waals surface area contributed by atoms with Crippen molar-refractivity contribution in [3.8, 4) is 5.75 Å². The monoisotopic (exact) mass is 504 g/mol. The van der Waals surface area contributed by atoms with Gasteiger partial charge < -0.3 is 9.64 Å². The molecule has 1 aromatic carbocycles. The largest absolute Gasteiger partial charge is 0.488 e. The lowest BCUT2D eigenvalue weighted by Gasteiger charge is -2.32. The first-order chi connectivity index (χ1) is 14.4. The van der Waals surface area contributed by atoms with Gasteiger partial charge in [-0.25, -0.2) is 8.42 Å². The third-order valence-corrected chi connectivity index (χ3v) is 8.29. The number of hydrogen-bond acceptors (Lipinski definition) is 5. The van der Waals surface area contributed by atoms with E-state index in [2.05, 4.69) is 35.0 Å². The Morgan fingerprint density at radius 2 is 1.88 bits per heavy atom. The molecular weight excluding hydrogens is 467 g/mol. The molecule has 0 aliphatic carbocycles. The van der Waals surface area contributed by atoms with Crippen LogP contribution in [0, 0.1) is 0 Å². The summed E-state index contributed by atoms with van der Waals surface area (Å²) in [5, 5.41) is 0.859. The van der Waals surface area contributed by atoms with Gasteiger partial charge in [0, 0.05) is 24.7 Å². The number of nitrogens with zero attached hydrogens (tertiary/aromatic N) is 2. The van der Waals surface area contributed by atoms with E-state index in [1.165, 1.54) is 18.4 Å². The second-order valence-electron chi connectivity index (χ2n) is 8.70. The smallest absolute Gasteiger partial charge is 0.152 e. The summed E-state index contributed by atoms with van der Waals surface area (Å²) in [6, 6.07) is 8.50. The van der Waals surface area contributed by atoms with Crippen LogP contribution in [0.2, 0.25) is 0 Å². The Kier molecular flexibility index (Phi) is 12.3. The summed E-state index contributed by atoms with van der Waals surface area (Å²) in [6.07, 6.45) is 8.07. The van der Waals surface area contributed by atoms with Crippen LogP contribution in [0.15, 0.2) is 30.5 Å². The molecule has 1 saturated heterocycles. The van der Waals surface area contributed by atoms with Gasteiger partial charge >= 0.3 is 0 Å². The van der Waals surface area contributed by atoms with Gasteiger partial charge in [-0.15, -0.1) is 24.8 Å². The summed E-state index contributed by atoms with van der Waals surface area (Å²) in [7, 11) is -2.94. The number of aromatic nitrogens is 1. The fourth-order valence-electron chi connectivity index (χ4n) is 3.99. The number of sulfone groups is 1. The Morgan fingerprint density at radius 1 is 1.16 bits per heavy atom. The Balaban J connectivity index is 0.00000256. The molecule has 2 aromatic rings. The first-order valence-corrected chi connectivity index (χ1v) is 13.1. The van der Waals surface area contributed by atoms with Crippen molar-refractivity contribution >= 4 is 45.6 Å². The predicted octanol–water partition coefficient (Wildman–Crippen LogP) is 5.48. The maximum absolute atomic E-state index is 12.0. The van der Waals surface area contributed by atoms with Gasteiger partial charge in [0.25, 0.3) is 0 Å². The molecule has 1 fully saturated rings. The fourth-order valence-corrected chi connectivity index (χ4v) is 4.99. The second kappa shape index (κ2) is 13.6. The number of fused-ring (bicyclic) bond motifs is 1. The number of piperidine rings is 1. The molecule has 0 bridgehead atoms. The average molecular weight is 506 g/mol. The summed E-state index contributed by atoms with van der Waals surface area (Å²) < 4.78 is 30.4. The fraction of sp³-hybridized carbons (Fsp3) is 0.625. The van der Waals surface area contributed by atoms with Crippen molar-refractivity contribution in [2.24, 2.45) is 0 Å². The van der Waals surface area contributed by atoms with E-state index in [-0.39, 0.29) is 41.9 Å². The van der Waals surface area contributed by atoms with E-state index in [0.29, 0.717) is 6.42 Å². The zero-order chi connectivity index (χ0) is 21.6. The standard InChI is InChI=1S/C24H36N2O3S.2ClH/c1-4-5-8-20-17-21-9-6-12-25-24(21)23(18-20)29-22-10-14-26(15-11-22)13-7-16-30(27,28)19(2)3;;/h6,9,12,17-19,22H,4-5,7-8,10-11,13-16H2,1-3H3;2*1H. The molecule has 0 amide bonds. The normalized spacial score (nSPS) is 15.4. The first-order valence-electron chi connectivity index (χ1n) is 11.4. The lowest BCUT2D eigenvalue weighted by Crippen LogP contribution is -2.39. The number of unbranched alkanes of at least 4 members (excludes halogenated alkanes) is 1. The molecule has 32 heavy (non-hydrogen) atoms. The maximum Gasteiger partial charge on any atom is 0.152 e. The number of benzene rings is 1. The van der Waals surface area contributed by atoms with Crippen molar-refractivity contribution in [3.05, 3.63) is 36.0 Å². The summed E-state index contributed by atoms with van der Waals surface area (Å²) in [5.74, 6) is 1.18. The molecule has 0 N–H and O–H groups in total. The SMILES string of the molecule is CCCCc1cc(OC2CCN(CCCS(=O)(=O)C(C)C)CC2)c2ncccc2c1.Cl.Cl. The molecule has 0 radical (unpaired) electrons. The Labute approximate surface area is 206 Å². The number of ether oxygens (including phenoxy) is 1. The van der Waals surface area contributed by atoms with Crippen molar-refractivity contribution < 1.29 is 13.2 Å². The quantitative estimate of drug-likeness (QED) is 0.428. The van der Waals surface area contributed by atoms with Crippen molar-refractivity contribution in [2.45, 2.75) is 70.7 Å². The van der Waals surface area contributed by atoms with E-state index in [1.807, 2.05) is 12.3 Å². The van der Waals surface area contributed by atoms with Gasteiger partial charge in [0.15, 0.2) is 9.84 Å². The maximum atomic E-state index is 12.0. The van der Waals surface area contributed by atoms with Crippen LogP contribution >= 0.6 is 24.8 Å². The van der Waals surface area contributed by atoms with Crippen molar-refractivity contribution in [2.75, 3.05) is 25.4 Å². The number of halogens is 2. The zero-order valence-corrected chi connectivity index (χ0v) is 21.9. The summed E-state index contributed by atoms with van der Waals surface area (Å²) in [4.78, 5) is 6.93.